The maximum Gasteiger partial charge on any atom is 0.0465 e. The second kappa shape index (κ2) is 4.30. The number of benzene rings is 2. The smallest absolute Gasteiger partial charge is 0.0465 e. The lowest BCUT2D eigenvalue weighted by atomic mass is 10.2. The predicted molar refractivity (Wildman–Crippen MR) is 73.6 cm³/mol. The molecule has 0 aliphatic rings. The Balaban J connectivity index is 1.97. The molecular weight excluding hydrogens is 226 g/mol. The van der Waals surface area contributed by atoms with Gasteiger partial charge in [-0.1, -0.05) is 47.7 Å². The molecule has 0 spiro atoms. The van der Waals surface area contributed by atoms with Crippen molar-refractivity contribution < 1.29 is 0 Å². The zero-order valence-corrected chi connectivity index (χ0v) is 10.4. The van der Waals surface area contributed by atoms with E-state index >= 15 is 0 Å². The van der Waals surface area contributed by atoms with Crippen LogP contribution in [0.3, 0.4) is 0 Å². The minimum atomic E-state index is 1.20. The fourth-order valence-electron chi connectivity index (χ4n) is 1.86. The van der Waals surface area contributed by atoms with Gasteiger partial charge in [-0.05, 0) is 25.1 Å². The lowest BCUT2D eigenvalue weighted by Crippen LogP contribution is -1.73. The van der Waals surface area contributed by atoms with Crippen LogP contribution in [0.5, 0.6) is 0 Å². The topological polar surface area (TPSA) is 15.8 Å². The van der Waals surface area contributed by atoms with E-state index in [-0.39, 0.29) is 0 Å². The standard InChI is InChI=1S/C15H13NS/c1-11-6-8-12(9-7-11)17-15-10-16-14-5-3-2-4-13(14)15/h2-10,16H,1H3. The first-order chi connectivity index (χ1) is 8.33. The molecule has 1 nitrogen and oxygen atoms in total. The first-order valence-electron chi connectivity index (χ1n) is 5.63. The Morgan fingerprint density at radius 2 is 1.71 bits per heavy atom. The lowest BCUT2D eigenvalue weighted by molar-refractivity contribution is 1.36. The Labute approximate surface area is 105 Å². The molecule has 0 radical (unpaired) electrons. The van der Waals surface area contributed by atoms with E-state index in [1.807, 2.05) is 0 Å². The third kappa shape index (κ3) is 2.08. The van der Waals surface area contributed by atoms with Gasteiger partial charge in [0.25, 0.3) is 0 Å². The van der Waals surface area contributed by atoms with Crippen molar-refractivity contribution in [3.8, 4) is 0 Å². The van der Waals surface area contributed by atoms with Crippen LogP contribution in [-0.2, 0) is 0 Å². The number of aryl methyl sites for hydroxylation is 1. The first kappa shape index (κ1) is 10.5. The lowest BCUT2D eigenvalue weighted by Gasteiger charge is -2.00. The van der Waals surface area contributed by atoms with Gasteiger partial charge in [0.1, 0.15) is 0 Å². The van der Waals surface area contributed by atoms with E-state index in [4.69, 9.17) is 0 Å². The van der Waals surface area contributed by atoms with E-state index < -0.39 is 0 Å². The Kier molecular flexibility index (Phi) is 2.65. The van der Waals surface area contributed by atoms with E-state index in [0.717, 1.165) is 0 Å². The van der Waals surface area contributed by atoms with Gasteiger partial charge in [0.15, 0.2) is 0 Å². The van der Waals surface area contributed by atoms with Crippen LogP contribution in [-0.4, -0.2) is 4.98 Å². The Bertz CT molecular complexity index is 637. The molecule has 0 saturated carbocycles. The Morgan fingerprint density at radius 1 is 0.941 bits per heavy atom. The van der Waals surface area contributed by atoms with Gasteiger partial charge < -0.3 is 4.98 Å². The highest BCUT2D eigenvalue weighted by Crippen LogP contribution is 2.33. The second-order valence-corrected chi connectivity index (χ2v) is 5.23. The number of hydrogen-bond donors (Lipinski definition) is 1. The largest absolute Gasteiger partial charge is 0.360 e. The normalized spacial score (nSPS) is 10.9. The number of aromatic nitrogens is 1. The molecule has 0 bridgehead atoms. The molecule has 0 amide bonds. The van der Waals surface area contributed by atoms with Crippen LogP contribution in [0.2, 0.25) is 0 Å². The van der Waals surface area contributed by atoms with Crippen LogP contribution in [0.1, 0.15) is 5.56 Å². The SMILES string of the molecule is Cc1ccc(Sc2c[nH]c3ccccc23)cc1. The number of para-hydroxylation sites is 1. The summed E-state index contributed by atoms with van der Waals surface area (Å²) >= 11 is 1.80. The summed E-state index contributed by atoms with van der Waals surface area (Å²) in [6, 6.07) is 17.0. The van der Waals surface area contributed by atoms with Crippen molar-refractivity contribution in [1.82, 2.24) is 4.98 Å². The molecule has 1 heterocycles. The van der Waals surface area contributed by atoms with Crippen LogP contribution in [0.4, 0.5) is 0 Å². The summed E-state index contributed by atoms with van der Waals surface area (Å²) in [5.41, 5.74) is 2.50. The molecule has 3 rings (SSSR count). The number of rotatable bonds is 2. The summed E-state index contributed by atoms with van der Waals surface area (Å²) in [6.07, 6.45) is 2.08. The van der Waals surface area contributed by atoms with Crippen LogP contribution >= 0.6 is 11.8 Å². The van der Waals surface area contributed by atoms with Crippen LogP contribution in [0.15, 0.2) is 64.5 Å². The van der Waals surface area contributed by atoms with Crippen LogP contribution in [0, 0.1) is 6.92 Å². The van der Waals surface area contributed by atoms with Crippen molar-refractivity contribution in [3.05, 3.63) is 60.3 Å². The van der Waals surface area contributed by atoms with Gasteiger partial charge in [-0.15, -0.1) is 0 Å². The van der Waals surface area contributed by atoms with Crippen molar-refractivity contribution in [2.24, 2.45) is 0 Å². The highest BCUT2D eigenvalue weighted by Gasteiger charge is 2.04. The van der Waals surface area contributed by atoms with E-state index in [9.17, 15) is 0 Å². The summed E-state index contributed by atoms with van der Waals surface area (Å²) in [7, 11) is 0. The van der Waals surface area contributed by atoms with Crippen LogP contribution in [0.25, 0.3) is 10.9 Å². The fraction of sp³-hybridized carbons (Fsp3) is 0.0667. The number of hydrogen-bond acceptors (Lipinski definition) is 1. The summed E-state index contributed by atoms with van der Waals surface area (Å²) in [4.78, 5) is 5.86. The number of H-pyrrole nitrogens is 1. The maximum atomic E-state index is 3.30. The number of fused-ring (bicyclic) bond motifs is 1. The van der Waals surface area contributed by atoms with Crippen molar-refractivity contribution in [3.63, 3.8) is 0 Å². The first-order valence-corrected chi connectivity index (χ1v) is 6.45. The molecule has 0 aliphatic heterocycles. The maximum absolute atomic E-state index is 3.30. The molecule has 1 aromatic heterocycles. The highest BCUT2D eigenvalue weighted by atomic mass is 32.2. The Hall–Kier alpha value is -1.67. The van der Waals surface area contributed by atoms with Gasteiger partial charge in [0.05, 0.1) is 0 Å². The van der Waals surface area contributed by atoms with E-state index in [0.29, 0.717) is 0 Å². The summed E-state index contributed by atoms with van der Waals surface area (Å²) in [6.45, 7) is 2.11. The average Bonchev–Trinajstić information content (AvgIpc) is 2.76. The average molecular weight is 239 g/mol. The molecule has 84 valence electrons. The molecule has 3 aromatic rings. The highest BCUT2D eigenvalue weighted by molar-refractivity contribution is 7.99. The fourth-order valence-corrected chi connectivity index (χ4v) is 2.79. The number of aromatic amines is 1. The van der Waals surface area contributed by atoms with Gasteiger partial charge in [-0.2, -0.15) is 0 Å². The monoisotopic (exact) mass is 239 g/mol. The zero-order chi connectivity index (χ0) is 11.7. The predicted octanol–water partition coefficient (Wildman–Crippen LogP) is 4.63. The molecule has 0 unspecified atom stereocenters. The van der Waals surface area contributed by atoms with Gasteiger partial charge >= 0.3 is 0 Å². The van der Waals surface area contributed by atoms with Crippen molar-refractivity contribution in [1.29, 1.82) is 0 Å². The molecule has 0 saturated heterocycles. The zero-order valence-electron chi connectivity index (χ0n) is 9.60. The summed E-state index contributed by atoms with van der Waals surface area (Å²) < 4.78 is 0. The van der Waals surface area contributed by atoms with Gasteiger partial charge in [0, 0.05) is 26.9 Å². The van der Waals surface area contributed by atoms with Crippen LogP contribution < -0.4 is 0 Å². The second-order valence-electron chi connectivity index (χ2n) is 4.11. The third-order valence-corrected chi connectivity index (χ3v) is 3.87. The van der Waals surface area contributed by atoms with E-state index in [1.165, 1.54) is 26.3 Å². The van der Waals surface area contributed by atoms with Crippen molar-refractivity contribution in [2.75, 3.05) is 0 Å². The summed E-state index contributed by atoms with van der Waals surface area (Å²) in [5, 5.41) is 1.29. The molecule has 0 fully saturated rings. The number of nitrogens with one attached hydrogen (secondary N) is 1. The van der Waals surface area contributed by atoms with Gasteiger partial charge in [-0.25, -0.2) is 0 Å². The van der Waals surface area contributed by atoms with Crippen molar-refractivity contribution in [2.45, 2.75) is 16.7 Å². The van der Waals surface area contributed by atoms with E-state index in [2.05, 4.69) is 66.6 Å². The van der Waals surface area contributed by atoms with Gasteiger partial charge in [0.2, 0.25) is 0 Å². The van der Waals surface area contributed by atoms with Gasteiger partial charge in [-0.3, -0.25) is 0 Å². The molecule has 0 atom stereocenters. The van der Waals surface area contributed by atoms with E-state index in [1.54, 1.807) is 11.8 Å². The molecule has 2 aromatic carbocycles. The van der Waals surface area contributed by atoms with Crippen molar-refractivity contribution >= 4 is 22.7 Å². The molecule has 1 N–H and O–H groups in total. The summed E-state index contributed by atoms with van der Waals surface area (Å²) in [5.74, 6) is 0. The molecule has 2 heteroatoms. The molecule has 0 aliphatic carbocycles. The molecular formula is C15H13NS. The Morgan fingerprint density at radius 3 is 2.53 bits per heavy atom. The minimum absolute atomic E-state index is 1.20. The molecule has 17 heavy (non-hydrogen) atoms. The minimum Gasteiger partial charge on any atom is -0.360 e. The third-order valence-electron chi connectivity index (χ3n) is 2.80. The quantitative estimate of drug-likeness (QED) is 0.689.